The van der Waals surface area contributed by atoms with Gasteiger partial charge in [0.05, 0.1) is 35.7 Å². The minimum absolute atomic E-state index is 0.0745. The predicted molar refractivity (Wildman–Crippen MR) is 118 cm³/mol. The Morgan fingerprint density at radius 1 is 1.03 bits per heavy atom. The Morgan fingerprint density at radius 3 is 2.19 bits per heavy atom. The van der Waals surface area contributed by atoms with Crippen molar-refractivity contribution < 1.29 is 31.1 Å². The lowest BCUT2D eigenvalue weighted by Gasteiger charge is -2.27. The first-order valence-electron chi connectivity index (χ1n) is 9.90. The molecule has 2 aromatic rings. The molecule has 2 aromatic carbocycles. The predicted octanol–water partition coefficient (Wildman–Crippen LogP) is 1.61. The topological polar surface area (TPSA) is 119 Å². The molecule has 0 spiro atoms. The number of carbonyl (C=O) groups excluding carboxylic acids is 1. The van der Waals surface area contributed by atoms with Crippen LogP contribution in [0.3, 0.4) is 0 Å². The smallest absolute Gasteiger partial charge is 0.257 e. The van der Waals surface area contributed by atoms with Gasteiger partial charge in [0.2, 0.25) is 10.0 Å². The summed E-state index contributed by atoms with van der Waals surface area (Å²) in [5.41, 5.74) is 0.751. The fraction of sp³-hybridized carbons (Fsp3) is 0.381. The van der Waals surface area contributed by atoms with Gasteiger partial charge in [-0.2, -0.15) is 0 Å². The molecule has 1 unspecified atom stereocenters. The van der Waals surface area contributed by atoms with Crippen molar-refractivity contribution in [3.05, 3.63) is 53.6 Å². The first-order valence-corrected chi connectivity index (χ1v) is 13.3. The molecule has 0 aromatic heterocycles. The van der Waals surface area contributed by atoms with Crippen LogP contribution in [0.1, 0.15) is 28.9 Å². The minimum atomic E-state index is -3.98. The molecule has 1 N–H and O–H groups in total. The van der Waals surface area contributed by atoms with Crippen LogP contribution in [0, 0.1) is 0 Å². The fourth-order valence-electron chi connectivity index (χ4n) is 3.33. The number of amides is 1. The highest BCUT2D eigenvalue weighted by Crippen LogP contribution is 2.26. The number of sulfone groups is 1. The van der Waals surface area contributed by atoms with Crippen LogP contribution in [0.2, 0.25) is 0 Å². The zero-order chi connectivity index (χ0) is 23.5. The maximum absolute atomic E-state index is 13.0. The Hall–Kier alpha value is -2.47. The van der Waals surface area contributed by atoms with Crippen LogP contribution in [0.25, 0.3) is 0 Å². The largest absolute Gasteiger partial charge is 0.496 e. The van der Waals surface area contributed by atoms with Gasteiger partial charge in [0, 0.05) is 25.4 Å². The number of nitrogens with one attached hydrogen (secondary N) is 1. The van der Waals surface area contributed by atoms with E-state index >= 15 is 0 Å². The molecule has 1 amide bonds. The quantitative estimate of drug-likeness (QED) is 0.637. The average molecular weight is 483 g/mol. The lowest BCUT2D eigenvalue weighted by Crippen LogP contribution is -2.40. The molecule has 3 rings (SSSR count). The van der Waals surface area contributed by atoms with Gasteiger partial charge >= 0.3 is 0 Å². The minimum Gasteiger partial charge on any atom is -0.496 e. The Balaban J connectivity index is 1.85. The zero-order valence-electron chi connectivity index (χ0n) is 18.1. The number of sulfonamides is 1. The molecule has 0 aliphatic carbocycles. The fourth-order valence-corrected chi connectivity index (χ4v) is 5.22. The first kappa shape index (κ1) is 24.2. The number of methoxy groups -OCH3 is 1. The highest BCUT2D eigenvalue weighted by atomic mass is 32.2. The second-order valence-corrected chi connectivity index (χ2v) is 11.2. The number of carbonyl (C=O) groups is 1. The summed E-state index contributed by atoms with van der Waals surface area (Å²) >= 11 is 0. The highest BCUT2D eigenvalue weighted by molar-refractivity contribution is 7.90. The summed E-state index contributed by atoms with van der Waals surface area (Å²) in [6, 6.07) is 9.48. The van der Waals surface area contributed by atoms with Crippen LogP contribution >= 0.6 is 0 Å². The standard InChI is InChI=1S/C21H26N2O7S2/c1-15(16-4-6-17(7-5-16)31(3,25)26)22-32(27,28)18-8-9-20(29-2)19(14-18)21(24)23-10-12-30-13-11-23/h4-9,14-15,22H,10-13H2,1-3H3. The Labute approximate surface area is 188 Å². The van der Waals surface area contributed by atoms with Crippen LogP contribution in [-0.4, -0.2) is 67.3 Å². The molecule has 9 nitrogen and oxygen atoms in total. The number of rotatable bonds is 7. The maximum atomic E-state index is 13.0. The summed E-state index contributed by atoms with van der Waals surface area (Å²) in [7, 11) is -5.91. The lowest BCUT2D eigenvalue weighted by atomic mass is 10.1. The molecule has 0 saturated carbocycles. The van der Waals surface area contributed by atoms with Crippen LogP contribution < -0.4 is 9.46 Å². The third-order valence-corrected chi connectivity index (χ3v) is 7.82. The van der Waals surface area contributed by atoms with E-state index < -0.39 is 25.9 Å². The third-order valence-electron chi connectivity index (χ3n) is 5.15. The molecule has 1 saturated heterocycles. The Kier molecular flexibility index (Phi) is 7.23. The number of hydrogen-bond acceptors (Lipinski definition) is 7. The molecular formula is C21H26N2O7S2. The van der Waals surface area contributed by atoms with Gasteiger partial charge in [-0.15, -0.1) is 0 Å². The summed E-state index contributed by atoms with van der Waals surface area (Å²) in [4.78, 5) is 14.6. The van der Waals surface area contributed by atoms with E-state index in [-0.39, 0.29) is 27.0 Å². The summed E-state index contributed by atoms with van der Waals surface area (Å²) in [5.74, 6) is -0.0449. The molecule has 32 heavy (non-hydrogen) atoms. The maximum Gasteiger partial charge on any atom is 0.257 e. The van der Waals surface area contributed by atoms with E-state index in [1.165, 1.54) is 37.4 Å². The molecule has 11 heteroatoms. The van der Waals surface area contributed by atoms with E-state index in [2.05, 4.69) is 4.72 Å². The number of hydrogen-bond donors (Lipinski definition) is 1. The van der Waals surface area contributed by atoms with Crippen molar-refractivity contribution in [2.45, 2.75) is 22.8 Å². The number of ether oxygens (including phenoxy) is 2. The molecule has 1 heterocycles. The monoisotopic (exact) mass is 482 g/mol. The normalized spacial score (nSPS) is 15.9. The highest BCUT2D eigenvalue weighted by Gasteiger charge is 2.25. The second-order valence-electron chi connectivity index (χ2n) is 7.45. The average Bonchev–Trinajstić information content (AvgIpc) is 2.78. The van der Waals surface area contributed by atoms with Crippen molar-refractivity contribution in [2.75, 3.05) is 39.7 Å². The van der Waals surface area contributed by atoms with Crippen molar-refractivity contribution in [3.63, 3.8) is 0 Å². The van der Waals surface area contributed by atoms with Crippen molar-refractivity contribution in [2.24, 2.45) is 0 Å². The molecule has 1 aliphatic rings. The van der Waals surface area contributed by atoms with E-state index in [9.17, 15) is 21.6 Å². The van der Waals surface area contributed by atoms with Gasteiger partial charge in [0.25, 0.3) is 5.91 Å². The lowest BCUT2D eigenvalue weighted by molar-refractivity contribution is 0.0300. The second kappa shape index (κ2) is 9.57. The molecule has 1 atom stereocenters. The van der Waals surface area contributed by atoms with Crippen molar-refractivity contribution in [3.8, 4) is 5.75 Å². The summed E-state index contributed by atoms with van der Waals surface area (Å²) in [5, 5.41) is 0. The van der Waals surface area contributed by atoms with Crippen LogP contribution in [0.15, 0.2) is 52.3 Å². The molecule has 1 fully saturated rings. The summed E-state index contributed by atoms with van der Waals surface area (Å²) in [6.45, 7) is 3.32. The summed E-state index contributed by atoms with van der Waals surface area (Å²) < 4.78 is 62.3. The first-order chi connectivity index (χ1) is 15.0. The Morgan fingerprint density at radius 2 is 1.62 bits per heavy atom. The van der Waals surface area contributed by atoms with Crippen LogP contribution in [0.4, 0.5) is 0 Å². The van der Waals surface area contributed by atoms with Gasteiger partial charge in [0.15, 0.2) is 9.84 Å². The van der Waals surface area contributed by atoms with Gasteiger partial charge in [-0.05, 0) is 42.8 Å². The van der Waals surface area contributed by atoms with Crippen molar-refractivity contribution in [1.29, 1.82) is 0 Å². The van der Waals surface area contributed by atoms with Gasteiger partial charge in [-0.3, -0.25) is 4.79 Å². The Bertz CT molecular complexity index is 1190. The van der Waals surface area contributed by atoms with E-state index in [1.54, 1.807) is 24.0 Å². The SMILES string of the molecule is COc1ccc(S(=O)(=O)NC(C)c2ccc(S(C)(=O)=O)cc2)cc1C(=O)N1CCOCC1. The van der Waals surface area contributed by atoms with Gasteiger partial charge in [0.1, 0.15) is 5.75 Å². The van der Waals surface area contributed by atoms with Crippen molar-refractivity contribution in [1.82, 2.24) is 9.62 Å². The van der Waals surface area contributed by atoms with Gasteiger partial charge in [-0.25, -0.2) is 21.6 Å². The van der Waals surface area contributed by atoms with E-state index in [1.807, 2.05) is 0 Å². The summed E-state index contributed by atoms with van der Waals surface area (Å²) in [6.07, 6.45) is 1.10. The van der Waals surface area contributed by atoms with Gasteiger partial charge < -0.3 is 14.4 Å². The number of nitrogens with zero attached hydrogens (tertiary/aromatic N) is 1. The van der Waals surface area contributed by atoms with E-state index in [4.69, 9.17) is 9.47 Å². The molecule has 0 bridgehead atoms. The van der Waals surface area contributed by atoms with Crippen LogP contribution in [0.5, 0.6) is 5.75 Å². The van der Waals surface area contributed by atoms with E-state index in [0.29, 0.717) is 31.9 Å². The number of benzene rings is 2. The van der Waals surface area contributed by atoms with Crippen LogP contribution in [-0.2, 0) is 24.6 Å². The third kappa shape index (κ3) is 5.47. The molecule has 174 valence electrons. The molecular weight excluding hydrogens is 456 g/mol. The van der Waals surface area contributed by atoms with E-state index in [0.717, 1.165) is 6.26 Å². The van der Waals surface area contributed by atoms with Gasteiger partial charge in [-0.1, -0.05) is 12.1 Å². The number of morpholine rings is 1. The molecule has 1 aliphatic heterocycles. The van der Waals surface area contributed by atoms with Crippen molar-refractivity contribution >= 4 is 25.8 Å². The molecule has 0 radical (unpaired) electrons. The zero-order valence-corrected chi connectivity index (χ0v) is 19.7.